The van der Waals surface area contributed by atoms with E-state index in [2.05, 4.69) is 26.1 Å². The molecular formula is C15H11BrFN3O. The lowest BCUT2D eigenvalue weighted by molar-refractivity contribution is 0.481. The summed E-state index contributed by atoms with van der Waals surface area (Å²) in [5, 5.41) is 7.81. The van der Waals surface area contributed by atoms with E-state index in [0.717, 1.165) is 5.56 Å². The average molecular weight is 348 g/mol. The maximum Gasteiger partial charge on any atom is 0.251 e. The van der Waals surface area contributed by atoms with Crippen LogP contribution in [0.2, 0.25) is 0 Å². The zero-order valence-electron chi connectivity index (χ0n) is 10.8. The van der Waals surface area contributed by atoms with Gasteiger partial charge < -0.3 is 10.2 Å². The fourth-order valence-electron chi connectivity index (χ4n) is 1.97. The van der Waals surface area contributed by atoms with E-state index in [1.165, 1.54) is 6.07 Å². The van der Waals surface area contributed by atoms with E-state index in [-0.39, 0.29) is 17.3 Å². The number of aromatic nitrogens is 2. The third-order valence-electron chi connectivity index (χ3n) is 3.04. The molecule has 1 atom stereocenters. The molecule has 0 fully saturated rings. The standard InChI is InChI=1S/C15H11BrFN3O/c16-10-7-4-8-11(17)12(10)14-19-20-15(21-14)13(18)9-5-2-1-3-6-9/h1-8,13H,18H2. The van der Waals surface area contributed by atoms with Crippen LogP contribution < -0.4 is 5.73 Å². The first-order valence-corrected chi connectivity index (χ1v) is 7.04. The van der Waals surface area contributed by atoms with Gasteiger partial charge in [-0.1, -0.05) is 36.4 Å². The van der Waals surface area contributed by atoms with Crippen LogP contribution in [0.1, 0.15) is 17.5 Å². The highest BCUT2D eigenvalue weighted by Crippen LogP contribution is 2.31. The summed E-state index contributed by atoms with van der Waals surface area (Å²) in [7, 11) is 0. The van der Waals surface area contributed by atoms with Crippen molar-refractivity contribution < 1.29 is 8.81 Å². The Morgan fingerprint density at radius 3 is 2.52 bits per heavy atom. The minimum Gasteiger partial charge on any atom is -0.418 e. The number of rotatable bonds is 3. The highest BCUT2D eigenvalue weighted by molar-refractivity contribution is 9.10. The van der Waals surface area contributed by atoms with Crippen LogP contribution in [0.15, 0.2) is 57.4 Å². The third kappa shape index (κ3) is 2.72. The number of hydrogen-bond acceptors (Lipinski definition) is 4. The second-order valence-corrected chi connectivity index (χ2v) is 5.28. The summed E-state index contributed by atoms with van der Waals surface area (Å²) in [6.07, 6.45) is 0. The number of halogens is 2. The number of nitrogens with zero attached hydrogens (tertiary/aromatic N) is 2. The van der Waals surface area contributed by atoms with E-state index in [9.17, 15) is 4.39 Å². The lowest BCUT2D eigenvalue weighted by Crippen LogP contribution is -2.11. The molecule has 3 rings (SSSR count). The second kappa shape index (κ2) is 5.75. The fraction of sp³-hybridized carbons (Fsp3) is 0.0667. The molecule has 1 heterocycles. The molecule has 2 N–H and O–H groups in total. The molecule has 1 aromatic heterocycles. The van der Waals surface area contributed by atoms with Crippen LogP contribution >= 0.6 is 15.9 Å². The Morgan fingerprint density at radius 1 is 1.05 bits per heavy atom. The zero-order valence-corrected chi connectivity index (χ0v) is 12.4. The van der Waals surface area contributed by atoms with Crippen molar-refractivity contribution in [2.45, 2.75) is 6.04 Å². The quantitative estimate of drug-likeness (QED) is 0.784. The molecule has 106 valence electrons. The summed E-state index contributed by atoms with van der Waals surface area (Å²) in [6.45, 7) is 0. The van der Waals surface area contributed by atoms with Crippen LogP contribution in [-0.4, -0.2) is 10.2 Å². The number of hydrogen-bond donors (Lipinski definition) is 1. The lowest BCUT2D eigenvalue weighted by atomic mass is 10.1. The molecule has 0 spiro atoms. The van der Waals surface area contributed by atoms with Crippen molar-refractivity contribution in [3.05, 3.63) is 70.3 Å². The monoisotopic (exact) mass is 347 g/mol. The van der Waals surface area contributed by atoms with Gasteiger partial charge in [-0.2, -0.15) is 0 Å². The molecule has 1 unspecified atom stereocenters. The molecule has 0 aliphatic carbocycles. The molecule has 0 bridgehead atoms. The van der Waals surface area contributed by atoms with E-state index in [0.29, 0.717) is 4.47 Å². The largest absolute Gasteiger partial charge is 0.418 e. The smallest absolute Gasteiger partial charge is 0.251 e. The molecule has 4 nitrogen and oxygen atoms in total. The van der Waals surface area contributed by atoms with Crippen molar-refractivity contribution in [2.24, 2.45) is 5.73 Å². The first-order valence-electron chi connectivity index (χ1n) is 6.25. The Hall–Kier alpha value is -2.05. The molecule has 3 aromatic rings. The van der Waals surface area contributed by atoms with Gasteiger partial charge in [0.05, 0.1) is 5.56 Å². The highest BCUT2D eigenvalue weighted by atomic mass is 79.9. The lowest BCUT2D eigenvalue weighted by Gasteiger charge is -2.06. The molecule has 0 saturated carbocycles. The van der Waals surface area contributed by atoms with Gasteiger partial charge >= 0.3 is 0 Å². The predicted molar refractivity (Wildman–Crippen MR) is 79.9 cm³/mol. The van der Waals surface area contributed by atoms with Gasteiger partial charge in [0.1, 0.15) is 11.9 Å². The summed E-state index contributed by atoms with van der Waals surface area (Å²) in [4.78, 5) is 0. The average Bonchev–Trinajstić information content (AvgIpc) is 2.97. The molecule has 0 amide bonds. The van der Waals surface area contributed by atoms with Crippen LogP contribution in [0.25, 0.3) is 11.5 Å². The topological polar surface area (TPSA) is 64.9 Å². The van der Waals surface area contributed by atoms with Gasteiger partial charge in [-0.25, -0.2) is 4.39 Å². The van der Waals surface area contributed by atoms with Crippen molar-refractivity contribution in [2.75, 3.05) is 0 Å². The Labute approximate surface area is 128 Å². The van der Waals surface area contributed by atoms with Crippen molar-refractivity contribution >= 4 is 15.9 Å². The maximum atomic E-state index is 13.9. The molecular weight excluding hydrogens is 337 g/mol. The summed E-state index contributed by atoms with van der Waals surface area (Å²) >= 11 is 3.28. The zero-order chi connectivity index (χ0) is 14.8. The highest BCUT2D eigenvalue weighted by Gasteiger charge is 2.20. The van der Waals surface area contributed by atoms with Crippen LogP contribution in [0.3, 0.4) is 0 Å². The van der Waals surface area contributed by atoms with Crippen LogP contribution in [0.4, 0.5) is 4.39 Å². The minimum atomic E-state index is -0.544. The summed E-state index contributed by atoms with van der Waals surface area (Å²) in [5.41, 5.74) is 7.16. The maximum absolute atomic E-state index is 13.9. The summed E-state index contributed by atoms with van der Waals surface area (Å²) in [6, 6.07) is 13.5. The summed E-state index contributed by atoms with van der Waals surface area (Å²) in [5.74, 6) is -0.0967. The SMILES string of the molecule is NC(c1ccccc1)c1nnc(-c2c(F)cccc2Br)o1. The first-order chi connectivity index (χ1) is 10.2. The van der Waals surface area contributed by atoms with E-state index in [1.54, 1.807) is 12.1 Å². The van der Waals surface area contributed by atoms with Crippen LogP contribution in [0, 0.1) is 5.82 Å². The number of nitrogens with two attached hydrogens (primary N) is 1. The molecule has 21 heavy (non-hydrogen) atoms. The van der Waals surface area contributed by atoms with Gasteiger partial charge in [-0.3, -0.25) is 0 Å². The Balaban J connectivity index is 1.97. The predicted octanol–water partition coefficient (Wildman–Crippen LogP) is 3.69. The van der Waals surface area contributed by atoms with Gasteiger partial charge in [0.15, 0.2) is 0 Å². The fourth-order valence-corrected chi connectivity index (χ4v) is 2.48. The van der Waals surface area contributed by atoms with Crippen LogP contribution in [0.5, 0.6) is 0 Å². The Morgan fingerprint density at radius 2 is 1.81 bits per heavy atom. The molecule has 0 radical (unpaired) electrons. The molecule has 0 aliphatic heterocycles. The van der Waals surface area contributed by atoms with Gasteiger partial charge in [0, 0.05) is 4.47 Å². The van der Waals surface area contributed by atoms with Gasteiger partial charge in [0.2, 0.25) is 5.89 Å². The van der Waals surface area contributed by atoms with Crippen molar-refractivity contribution in [1.82, 2.24) is 10.2 Å². The van der Waals surface area contributed by atoms with Crippen LogP contribution in [-0.2, 0) is 0 Å². The van der Waals surface area contributed by atoms with Gasteiger partial charge in [-0.05, 0) is 33.6 Å². The summed E-state index contributed by atoms with van der Waals surface area (Å²) < 4.78 is 20.0. The second-order valence-electron chi connectivity index (χ2n) is 4.43. The normalized spacial score (nSPS) is 12.3. The van der Waals surface area contributed by atoms with E-state index >= 15 is 0 Å². The Kier molecular flexibility index (Phi) is 3.81. The van der Waals surface area contributed by atoms with Gasteiger partial charge in [-0.15, -0.1) is 10.2 Å². The molecule has 0 saturated heterocycles. The molecule has 2 aromatic carbocycles. The third-order valence-corrected chi connectivity index (χ3v) is 3.70. The van der Waals surface area contributed by atoms with E-state index in [4.69, 9.17) is 10.2 Å². The molecule has 6 heteroatoms. The Bertz CT molecular complexity index is 740. The van der Waals surface area contributed by atoms with Crippen molar-refractivity contribution in [3.8, 4) is 11.5 Å². The first kappa shape index (κ1) is 13.9. The minimum absolute atomic E-state index is 0.0985. The molecule has 0 aliphatic rings. The van der Waals surface area contributed by atoms with Crippen molar-refractivity contribution in [1.29, 1.82) is 0 Å². The van der Waals surface area contributed by atoms with E-state index < -0.39 is 11.9 Å². The van der Waals surface area contributed by atoms with Gasteiger partial charge in [0.25, 0.3) is 5.89 Å². The van der Waals surface area contributed by atoms with Crippen molar-refractivity contribution in [3.63, 3.8) is 0 Å². The number of benzene rings is 2. The van der Waals surface area contributed by atoms with E-state index in [1.807, 2.05) is 30.3 Å².